The van der Waals surface area contributed by atoms with E-state index in [1.54, 1.807) is 24.3 Å². The van der Waals surface area contributed by atoms with Gasteiger partial charge in [-0.25, -0.2) is 5.43 Å². The van der Waals surface area contributed by atoms with Gasteiger partial charge in [-0.3, -0.25) is 4.79 Å². The summed E-state index contributed by atoms with van der Waals surface area (Å²) in [4.78, 5) is 12.4. The topological polar surface area (TPSA) is 64.8 Å². The Hall–Kier alpha value is -3.25. The molecule has 0 aliphatic heterocycles. The molecule has 0 atom stereocenters. The van der Waals surface area contributed by atoms with Crippen LogP contribution in [0.5, 0.6) is 11.5 Å². The maximum atomic E-state index is 12.4. The van der Waals surface area contributed by atoms with E-state index in [-0.39, 0.29) is 5.91 Å². The molecule has 1 amide bonds. The second-order valence-corrected chi connectivity index (χ2v) is 6.84. The van der Waals surface area contributed by atoms with E-state index in [4.69, 9.17) is 21.1 Å². The molecular formula is C22H22ClN3O3. The van der Waals surface area contributed by atoms with Crippen LogP contribution in [0, 0.1) is 13.8 Å². The first kappa shape index (κ1) is 20.5. The minimum Gasteiger partial charge on any atom is -0.493 e. The molecule has 3 aromatic rings. The quantitative estimate of drug-likeness (QED) is 0.478. The summed E-state index contributed by atoms with van der Waals surface area (Å²) >= 11 is 6.17. The Morgan fingerprint density at radius 3 is 2.28 bits per heavy atom. The van der Waals surface area contributed by atoms with Crippen molar-refractivity contribution in [3.05, 3.63) is 76.1 Å². The van der Waals surface area contributed by atoms with E-state index >= 15 is 0 Å². The highest BCUT2D eigenvalue weighted by Crippen LogP contribution is 2.35. The lowest BCUT2D eigenvalue weighted by Gasteiger charge is -2.10. The van der Waals surface area contributed by atoms with Gasteiger partial charge < -0.3 is 14.0 Å². The van der Waals surface area contributed by atoms with Crippen molar-refractivity contribution in [2.45, 2.75) is 13.8 Å². The van der Waals surface area contributed by atoms with Crippen LogP contribution < -0.4 is 14.9 Å². The van der Waals surface area contributed by atoms with Crippen LogP contribution in [-0.4, -0.2) is 30.9 Å². The Morgan fingerprint density at radius 2 is 1.69 bits per heavy atom. The van der Waals surface area contributed by atoms with Crippen molar-refractivity contribution >= 4 is 23.7 Å². The van der Waals surface area contributed by atoms with Crippen molar-refractivity contribution in [2.24, 2.45) is 5.10 Å². The lowest BCUT2D eigenvalue weighted by atomic mass is 10.2. The molecule has 0 unspecified atom stereocenters. The van der Waals surface area contributed by atoms with E-state index < -0.39 is 0 Å². The molecule has 2 aromatic carbocycles. The van der Waals surface area contributed by atoms with Gasteiger partial charge in [-0.2, -0.15) is 5.10 Å². The summed E-state index contributed by atoms with van der Waals surface area (Å²) in [6, 6.07) is 14.9. The lowest BCUT2D eigenvalue weighted by Crippen LogP contribution is -2.17. The van der Waals surface area contributed by atoms with Crippen molar-refractivity contribution in [1.82, 2.24) is 9.99 Å². The third-order valence-corrected chi connectivity index (χ3v) is 4.78. The van der Waals surface area contributed by atoms with Gasteiger partial charge in [0.15, 0.2) is 11.5 Å². The molecule has 0 radical (unpaired) electrons. The summed E-state index contributed by atoms with van der Waals surface area (Å²) in [6.07, 6.45) is 1.49. The second kappa shape index (κ2) is 8.84. The highest BCUT2D eigenvalue weighted by Gasteiger charge is 2.10. The molecule has 0 saturated heterocycles. The highest BCUT2D eigenvalue weighted by molar-refractivity contribution is 6.32. The van der Waals surface area contributed by atoms with E-state index in [1.165, 1.54) is 20.4 Å². The van der Waals surface area contributed by atoms with Crippen molar-refractivity contribution in [3.63, 3.8) is 0 Å². The minimum atomic E-state index is -0.305. The molecule has 0 aliphatic rings. The first-order valence-electron chi connectivity index (χ1n) is 8.95. The second-order valence-electron chi connectivity index (χ2n) is 6.44. The maximum absolute atomic E-state index is 12.4. The van der Waals surface area contributed by atoms with Crippen LogP contribution in [0.2, 0.25) is 5.02 Å². The number of hydrogen-bond acceptors (Lipinski definition) is 4. The third kappa shape index (κ3) is 4.43. The first-order chi connectivity index (χ1) is 13.9. The number of benzene rings is 2. The summed E-state index contributed by atoms with van der Waals surface area (Å²) in [7, 11) is 3.04. The number of carbonyl (C=O) groups excluding carboxylic acids is 1. The molecule has 0 bridgehead atoms. The van der Waals surface area contributed by atoms with Crippen molar-refractivity contribution < 1.29 is 14.3 Å². The summed E-state index contributed by atoms with van der Waals surface area (Å²) < 4.78 is 12.6. The Labute approximate surface area is 174 Å². The Balaban J connectivity index is 1.70. The van der Waals surface area contributed by atoms with Crippen LogP contribution in [-0.2, 0) is 0 Å². The van der Waals surface area contributed by atoms with E-state index in [9.17, 15) is 4.79 Å². The van der Waals surface area contributed by atoms with Crippen LogP contribution in [0.15, 0.2) is 53.6 Å². The molecule has 1 aromatic heterocycles. The average molecular weight is 412 g/mol. The molecule has 6 nitrogen and oxygen atoms in total. The van der Waals surface area contributed by atoms with Crippen LogP contribution in [0.25, 0.3) is 5.69 Å². The SMILES string of the molecule is COc1cc(/C=N/NC(=O)c2ccc(-n3c(C)ccc3C)cc2)cc(Cl)c1OC. The molecule has 0 spiro atoms. The first-order valence-corrected chi connectivity index (χ1v) is 9.32. The monoisotopic (exact) mass is 411 g/mol. The summed E-state index contributed by atoms with van der Waals surface area (Å²) in [5.74, 6) is 0.628. The predicted molar refractivity (Wildman–Crippen MR) is 115 cm³/mol. The Morgan fingerprint density at radius 1 is 1.03 bits per heavy atom. The number of hydrogen-bond donors (Lipinski definition) is 1. The number of halogens is 1. The van der Waals surface area contributed by atoms with Crippen LogP contribution in [0.1, 0.15) is 27.3 Å². The van der Waals surface area contributed by atoms with E-state index in [2.05, 4.69) is 27.2 Å². The zero-order valence-corrected chi connectivity index (χ0v) is 17.4. The number of aryl methyl sites for hydroxylation is 2. The number of hydrazone groups is 1. The van der Waals surface area contributed by atoms with Gasteiger partial charge in [-0.05, 0) is 67.9 Å². The van der Waals surface area contributed by atoms with Crippen LogP contribution in [0.4, 0.5) is 0 Å². The van der Waals surface area contributed by atoms with Gasteiger partial charge in [0.25, 0.3) is 5.91 Å². The van der Waals surface area contributed by atoms with Gasteiger partial charge in [-0.1, -0.05) is 11.6 Å². The maximum Gasteiger partial charge on any atom is 0.271 e. The summed E-state index contributed by atoms with van der Waals surface area (Å²) in [5, 5.41) is 4.40. The van der Waals surface area contributed by atoms with Crippen molar-refractivity contribution in [2.75, 3.05) is 14.2 Å². The zero-order valence-electron chi connectivity index (χ0n) is 16.7. The van der Waals surface area contributed by atoms with E-state index in [0.717, 1.165) is 17.1 Å². The van der Waals surface area contributed by atoms with Crippen LogP contribution >= 0.6 is 11.6 Å². The lowest BCUT2D eigenvalue weighted by molar-refractivity contribution is 0.0955. The van der Waals surface area contributed by atoms with Gasteiger partial charge in [0.2, 0.25) is 0 Å². The molecule has 3 rings (SSSR count). The fraction of sp³-hybridized carbons (Fsp3) is 0.182. The standard InChI is InChI=1S/C22H22ClN3O3/c1-14-5-6-15(2)26(14)18-9-7-17(8-10-18)22(27)25-24-13-16-11-19(23)21(29-4)20(12-16)28-3/h5-13H,1-4H3,(H,25,27)/b24-13+. The number of amides is 1. The highest BCUT2D eigenvalue weighted by atomic mass is 35.5. The normalized spacial score (nSPS) is 10.9. The minimum absolute atomic E-state index is 0.305. The molecule has 1 heterocycles. The molecule has 0 aliphatic carbocycles. The molecule has 0 fully saturated rings. The fourth-order valence-corrected chi connectivity index (χ4v) is 3.38. The Bertz CT molecular complexity index is 1040. The number of rotatable bonds is 6. The van der Waals surface area contributed by atoms with Crippen molar-refractivity contribution in [1.29, 1.82) is 0 Å². The van der Waals surface area contributed by atoms with Gasteiger partial charge >= 0.3 is 0 Å². The zero-order chi connectivity index (χ0) is 21.0. The predicted octanol–water partition coefficient (Wildman–Crippen LogP) is 4.53. The summed E-state index contributed by atoms with van der Waals surface area (Å²) in [5.41, 5.74) is 6.98. The molecule has 0 saturated carbocycles. The molecule has 29 heavy (non-hydrogen) atoms. The van der Waals surface area contributed by atoms with E-state index in [0.29, 0.717) is 27.6 Å². The van der Waals surface area contributed by atoms with Gasteiger partial charge in [0, 0.05) is 22.6 Å². The smallest absolute Gasteiger partial charge is 0.271 e. The number of aromatic nitrogens is 1. The fourth-order valence-electron chi connectivity index (χ4n) is 3.08. The summed E-state index contributed by atoms with van der Waals surface area (Å²) in [6.45, 7) is 4.09. The van der Waals surface area contributed by atoms with Gasteiger partial charge in [-0.15, -0.1) is 0 Å². The van der Waals surface area contributed by atoms with Crippen LogP contribution in [0.3, 0.4) is 0 Å². The molecule has 7 heteroatoms. The third-order valence-electron chi connectivity index (χ3n) is 4.49. The molecule has 1 N–H and O–H groups in total. The molecule has 150 valence electrons. The molecular weight excluding hydrogens is 390 g/mol. The van der Waals surface area contributed by atoms with E-state index in [1.807, 2.05) is 26.0 Å². The number of nitrogens with zero attached hydrogens (tertiary/aromatic N) is 2. The Kier molecular flexibility index (Phi) is 6.24. The number of ether oxygens (including phenoxy) is 2. The number of methoxy groups -OCH3 is 2. The van der Waals surface area contributed by atoms with Crippen molar-refractivity contribution in [3.8, 4) is 17.2 Å². The number of nitrogens with one attached hydrogen (secondary N) is 1. The van der Waals surface area contributed by atoms with Gasteiger partial charge in [0.1, 0.15) is 0 Å². The number of carbonyl (C=O) groups is 1. The largest absolute Gasteiger partial charge is 0.493 e. The average Bonchev–Trinajstić information content (AvgIpc) is 3.05. The van der Waals surface area contributed by atoms with Gasteiger partial charge in [0.05, 0.1) is 25.5 Å².